The molecule has 10 nitrogen and oxygen atoms in total. The molecule has 0 radical (unpaired) electrons. The van der Waals surface area contributed by atoms with Gasteiger partial charge in [0, 0.05) is 0 Å². The van der Waals surface area contributed by atoms with E-state index in [-0.39, 0.29) is 6.61 Å². The first-order valence-electron chi connectivity index (χ1n) is 6.43. The number of ether oxygens (including phenoxy) is 3. The van der Waals surface area contributed by atoms with Gasteiger partial charge in [-0.25, -0.2) is 0 Å². The van der Waals surface area contributed by atoms with Crippen LogP contribution in [0.25, 0.3) is 0 Å². The molecule has 0 aromatic heterocycles. The predicted octanol–water partition coefficient (Wildman–Crippen LogP) is -4.76. The van der Waals surface area contributed by atoms with Crippen molar-refractivity contribution in [3.05, 3.63) is 0 Å². The molecule has 0 aromatic rings. The summed E-state index contributed by atoms with van der Waals surface area (Å²) in [5.74, 6) is 0. The second kappa shape index (κ2) is 6.38. The molecule has 7 N–H and O–H groups in total. The molecule has 21 heavy (non-hydrogen) atoms. The molecule has 10 heteroatoms. The molecule has 2 heterocycles. The number of aliphatic hydroxyl groups is 7. The Morgan fingerprint density at radius 1 is 1.05 bits per heavy atom. The van der Waals surface area contributed by atoms with Crippen molar-refractivity contribution in [2.75, 3.05) is 19.8 Å². The van der Waals surface area contributed by atoms with E-state index in [4.69, 9.17) is 14.6 Å². The van der Waals surface area contributed by atoms with E-state index < -0.39 is 61.9 Å². The number of hydrogen-bond donors (Lipinski definition) is 7. The van der Waals surface area contributed by atoms with Gasteiger partial charge in [-0.3, -0.25) is 0 Å². The third-order valence-electron chi connectivity index (χ3n) is 3.74. The van der Waals surface area contributed by atoms with E-state index in [1.54, 1.807) is 0 Å². The molecule has 0 bridgehead atoms. The topological polar surface area (TPSA) is 169 Å². The van der Waals surface area contributed by atoms with Crippen molar-refractivity contribution in [2.45, 2.75) is 48.7 Å². The average molecular weight is 312 g/mol. The normalized spacial score (nSPS) is 51.3. The standard InChI is InChI=1S/C11H20O10/c12-1-4-6(14)7(15)8(16)9(21-4)20-3-11(18)5(13)2-19-10(11)17/h4-10,12-18H,1-3H2/t4-,5-,6+,7+,8-,9-,10+,11-/m1/s1. The monoisotopic (exact) mass is 312 g/mol. The van der Waals surface area contributed by atoms with Gasteiger partial charge in [-0.15, -0.1) is 0 Å². The molecule has 0 aromatic carbocycles. The Labute approximate surface area is 119 Å². The maximum absolute atomic E-state index is 10.0. The van der Waals surface area contributed by atoms with Crippen LogP contribution in [0.3, 0.4) is 0 Å². The van der Waals surface area contributed by atoms with Gasteiger partial charge in [0.25, 0.3) is 0 Å². The molecule has 2 saturated heterocycles. The van der Waals surface area contributed by atoms with Gasteiger partial charge < -0.3 is 50.0 Å². The van der Waals surface area contributed by atoms with Crippen LogP contribution in [-0.4, -0.2) is 104 Å². The van der Waals surface area contributed by atoms with Crippen molar-refractivity contribution in [3.63, 3.8) is 0 Å². The van der Waals surface area contributed by atoms with Crippen LogP contribution < -0.4 is 0 Å². The molecule has 0 spiro atoms. The molecule has 0 unspecified atom stereocenters. The lowest BCUT2D eigenvalue weighted by molar-refractivity contribution is -0.316. The summed E-state index contributed by atoms with van der Waals surface area (Å²) in [6.45, 7) is -1.57. The van der Waals surface area contributed by atoms with E-state index >= 15 is 0 Å². The molecule has 2 fully saturated rings. The van der Waals surface area contributed by atoms with Crippen molar-refractivity contribution in [1.29, 1.82) is 0 Å². The van der Waals surface area contributed by atoms with Crippen molar-refractivity contribution >= 4 is 0 Å². The fourth-order valence-electron chi connectivity index (χ4n) is 2.22. The second-order valence-corrected chi connectivity index (χ2v) is 5.20. The lowest BCUT2D eigenvalue weighted by atomic mass is 9.98. The van der Waals surface area contributed by atoms with Crippen LogP contribution in [0.1, 0.15) is 0 Å². The Hall–Kier alpha value is -0.400. The second-order valence-electron chi connectivity index (χ2n) is 5.20. The van der Waals surface area contributed by atoms with Gasteiger partial charge in [0.2, 0.25) is 0 Å². The lowest BCUT2D eigenvalue weighted by Gasteiger charge is -2.40. The Morgan fingerprint density at radius 3 is 2.24 bits per heavy atom. The maximum Gasteiger partial charge on any atom is 0.188 e. The fraction of sp³-hybridized carbons (Fsp3) is 1.00. The molecular formula is C11H20O10. The highest BCUT2D eigenvalue weighted by molar-refractivity contribution is 4.95. The quantitative estimate of drug-likeness (QED) is 0.267. The predicted molar refractivity (Wildman–Crippen MR) is 62.6 cm³/mol. The van der Waals surface area contributed by atoms with E-state index in [0.717, 1.165) is 0 Å². The third-order valence-corrected chi connectivity index (χ3v) is 3.74. The molecule has 8 atom stereocenters. The third kappa shape index (κ3) is 3.05. The van der Waals surface area contributed by atoms with Gasteiger partial charge in [0.05, 0.1) is 19.8 Å². The summed E-state index contributed by atoms with van der Waals surface area (Å²) in [7, 11) is 0. The van der Waals surface area contributed by atoms with Crippen LogP contribution in [0.2, 0.25) is 0 Å². The smallest absolute Gasteiger partial charge is 0.188 e. The van der Waals surface area contributed by atoms with E-state index in [0.29, 0.717) is 0 Å². The van der Waals surface area contributed by atoms with Gasteiger partial charge in [0.1, 0.15) is 30.5 Å². The zero-order chi connectivity index (χ0) is 15.8. The summed E-state index contributed by atoms with van der Waals surface area (Å²) in [5.41, 5.74) is -2.11. The van der Waals surface area contributed by atoms with Crippen LogP contribution >= 0.6 is 0 Å². The minimum atomic E-state index is -2.11. The summed E-state index contributed by atoms with van der Waals surface area (Å²) in [4.78, 5) is 0. The van der Waals surface area contributed by atoms with E-state index in [1.165, 1.54) is 0 Å². The SMILES string of the molecule is OC[C@H]1O[C@@H](OC[C@@]2(O)[C@H](O)CO[C@@H]2O)[C@H](O)[C@@H](O)[C@H]1O. The molecule has 2 aliphatic rings. The Morgan fingerprint density at radius 2 is 1.71 bits per heavy atom. The summed E-state index contributed by atoms with van der Waals surface area (Å²) in [5, 5.41) is 67.0. The summed E-state index contributed by atoms with van der Waals surface area (Å²) in [6.07, 6.45) is -10.5. The average Bonchev–Trinajstić information content (AvgIpc) is 2.72. The maximum atomic E-state index is 10.0. The molecular weight excluding hydrogens is 292 g/mol. The number of rotatable bonds is 4. The zero-order valence-corrected chi connectivity index (χ0v) is 11.0. The number of hydrogen-bond acceptors (Lipinski definition) is 10. The van der Waals surface area contributed by atoms with Gasteiger partial charge in [-0.05, 0) is 0 Å². The molecule has 0 amide bonds. The Bertz CT molecular complexity index is 340. The Kier molecular flexibility index (Phi) is 5.15. The van der Waals surface area contributed by atoms with Gasteiger partial charge >= 0.3 is 0 Å². The highest BCUT2D eigenvalue weighted by atomic mass is 16.7. The number of aliphatic hydroxyl groups excluding tert-OH is 6. The van der Waals surface area contributed by atoms with Crippen molar-refractivity contribution in [2.24, 2.45) is 0 Å². The van der Waals surface area contributed by atoms with Crippen LogP contribution in [0.4, 0.5) is 0 Å². The lowest BCUT2D eigenvalue weighted by Crippen LogP contribution is -2.60. The van der Waals surface area contributed by atoms with Crippen molar-refractivity contribution in [3.8, 4) is 0 Å². The van der Waals surface area contributed by atoms with Gasteiger partial charge in [0.15, 0.2) is 18.2 Å². The summed E-state index contributed by atoms with van der Waals surface area (Å²) < 4.78 is 14.8. The van der Waals surface area contributed by atoms with Crippen molar-refractivity contribution < 1.29 is 50.0 Å². The van der Waals surface area contributed by atoms with E-state index in [9.17, 15) is 30.6 Å². The molecule has 124 valence electrons. The van der Waals surface area contributed by atoms with Crippen LogP contribution in [0, 0.1) is 0 Å². The highest BCUT2D eigenvalue weighted by Crippen LogP contribution is 2.28. The first kappa shape index (κ1) is 17.0. The minimum absolute atomic E-state index is 0.296. The van der Waals surface area contributed by atoms with Crippen LogP contribution in [0.15, 0.2) is 0 Å². The first-order chi connectivity index (χ1) is 9.81. The van der Waals surface area contributed by atoms with E-state index in [1.807, 2.05) is 0 Å². The van der Waals surface area contributed by atoms with Gasteiger partial charge in [-0.2, -0.15) is 0 Å². The highest BCUT2D eigenvalue weighted by Gasteiger charge is 2.51. The molecule has 2 aliphatic heterocycles. The molecule has 0 aliphatic carbocycles. The summed E-state index contributed by atoms with van der Waals surface area (Å²) >= 11 is 0. The minimum Gasteiger partial charge on any atom is -0.394 e. The molecule has 2 rings (SSSR count). The molecule has 0 saturated carbocycles. The zero-order valence-electron chi connectivity index (χ0n) is 11.0. The van der Waals surface area contributed by atoms with Gasteiger partial charge in [-0.1, -0.05) is 0 Å². The van der Waals surface area contributed by atoms with Crippen LogP contribution in [0.5, 0.6) is 0 Å². The fourth-order valence-corrected chi connectivity index (χ4v) is 2.22. The largest absolute Gasteiger partial charge is 0.394 e. The van der Waals surface area contributed by atoms with Crippen molar-refractivity contribution in [1.82, 2.24) is 0 Å². The summed E-state index contributed by atoms with van der Waals surface area (Å²) in [6, 6.07) is 0. The first-order valence-corrected chi connectivity index (χ1v) is 6.43. The van der Waals surface area contributed by atoms with E-state index in [2.05, 4.69) is 4.74 Å². The van der Waals surface area contributed by atoms with Crippen LogP contribution in [-0.2, 0) is 14.2 Å². The Balaban J connectivity index is 1.99.